The summed E-state index contributed by atoms with van der Waals surface area (Å²) in [7, 11) is 0. The second kappa shape index (κ2) is 3.99. The van der Waals surface area contributed by atoms with Gasteiger partial charge in [-0.05, 0) is 49.9 Å². The van der Waals surface area contributed by atoms with E-state index >= 15 is 0 Å². The van der Waals surface area contributed by atoms with E-state index in [0.717, 1.165) is 0 Å². The standard InChI is InChI=1S/C16H26N2O2/c1-9-13(20)18(10(2)12(19)17-9)14-15(3,4)11-6-7-16(14,5)8-11/h9-11,14H,6-8H2,1-5H3,(H,17,19). The molecule has 2 saturated carbocycles. The van der Waals surface area contributed by atoms with E-state index in [4.69, 9.17) is 0 Å². The summed E-state index contributed by atoms with van der Waals surface area (Å²) in [6, 6.07) is -0.555. The van der Waals surface area contributed by atoms with Crippen LogP contribution in [0.4, 0.5) is 0 Å². The van der Waals surface area contributed by atoms with Crippen molar-refractivity contribution in [2.24, 2.45) is 16.7 Å². The van der Waals surface area contributed by atoms with Crippen molar-refractivity contribution in [3.05, 3.63) is 0 Å². The number of nitrogens with zero attached hydrogens (tertiary/aromatic N) is 1. The Morgan fingerprint density at radius 3 is 2.40 bits per heavy atom. The first-order chi connectivity index (χ1) is 9.18. The Balaban J connectivity index is 2.02. The van der Waals surface area contributed by atoms with Gasteiger partial charge in [-0.2, -0.15) is 0 Å². The van der Waals surface area contributed by atoms with Gasteiger partial charge in [0.05, 0.1) is 0 Å². The Kier molecular flexibility index (Phi) is 2.77. The molecular formula is C16H26N2O2. The van der Waals surface area contributed by atoms with Crippen LogP contribution in [0.15, 0.2) is 0 Å². The van der Waals surface area contributed by atoms with Crippen molar-refractivity contribution in [2.45, 2.75) is 72.0 Å². The van der Waals surface area contributed by atoms with Crippen LogP contribution in [-0.4, -0.2) is 34.8 Å². The summed E-state index contributed by atoms with van der Waals surface area (Å²) >= 11 is 0. The number of rotatable bonds is 1. The number of carbonyl (C=O) groups is 2. The molecule has 4 heteroatoms. The van der Waals surface area contributed by atoms with Crippen LogP contribution in [0.2, 0.25) is 0 Å². The average Bonchev–Trinajstić information content (AvgIpc) is 2.82. The molecule has 112 valence electrons. The molecule has 2 bridgehead atoms. The number of piperazine rings is 1. The van der Waals surface area contributed by atoms with E-state index in [9.17, 15) is 9.59 Å². The fraction of sp³-hybridized carbons (Fsp3) is 0.875. The Morgan fingerprint density at radius 1 is 1.20 bits per heavy atom. The highest BCUT2D eigenvalue weighted by atomic mass is 16.2. The molecule has 2 aliphatic carbocycles. The molecular weight excluding hydrogens is 252 g/mol. The highest BCUT2D eigenvalue weighted by Crippen LogP contribution is 2.64. The van der Waals surface area contributed by atoms with Crippen molar-refractivity contribution in [3.8, 4) is 0 Å². The molecule has 1 N–H and O–H groups in total. The fourth-order valence-corrected chi connectivity index (χ4v) is 5.26. The van der Waals surface area contributed by atoms with Crippen molar-refractivity contribution < 1.29 is 9.59 Å². The van der Waals surface area contributed by atoms with Crippen LogP contribution in [0, 0.1) is 16.7 Å². The minimum atomic E-state index is -0.391. The Hall–Kier alpha value is -1.06. The van der Waals surface area contributed by atoms with Gasteiger partial charge in [0, 0.05) is 6.04 Å². The third-order valence-electron chi connectivity index (χ3n) is 6.25. The lowest BCUT2D eigenvalue weighted by Gasteiger charge is -2.52. The molecule has 0 radical (unpaired) electrons. The number of fused-ring (bicyclic) bond motifs is 2. The normalized spacial score (nSPS) is 46.8. The molecule has 4 nitrogen and oxygen atoms in total. The number of nitrogens with one attached hydrogen (secondary N) is 1. The van der Waals surface area contributed by atoms with Gasteiger partial charge >= 0.3 is 0 Å². The van der Waals surface area contributed by atoms with Crippen LogP contribution in [0.5, 0.6) is 0 Å². The molecule has 3 fully saturated rings. The Bertz CT molecular complexity index is 468. The first-order valence-corrected chi connectivity index (χ1v) is 7.81. The largest absolute Gasteiger partial charge is 0.343 e. The van der Waals surface area contributed by atoms with Crippen molar-refractivity contribution in [1.82, 2.24) is 10.2 Å². The van der Waals surface area contributed by atoms with Crippen molar-refractivity contribution in [3.63, 3.8) is 0 Å². The van der Waals surface area contributed by atoms with Crippen LogP contribution >= 0.6 is 0 Å². The molecule has 1 heterocycles. The van der Waals surface area contributed by atoms with E-state index in [1.807, 2.05) is 11.8 Å². The van der Waals surface area contributed by atoms with Crippen molar-refractivity contribution in [2.75, 3.05) is 0 Å². The van der Waals surface area contributed by atoms with E-state index in [2.05, 4.69) is 26.1 Å². The molecule has 1 aliphatic heterocycles. The van der Waals surface area contributed by atoms with Gasteiger partial charge in [0.25, 0.3) is 0 Å². The SMILES string of the molecule is CC1NC(=O)C(C)N(C2C3(C)CCC(C3)C2(C)C)C1=O. The topological polar surface area (TPSA) is 49.4 Å². The maximum absolute atomic E-state index is 12.7. The summed E-state index contributed by atoms with van der Waals surface area (Å²) in [5.74, 6) is 0.751. The van der Waals surface area contributed by atoms with E-state index in [1.165, 1.54) is 19.3 Å². The lowest BCUT2D eigenvalue weighted by molar-refractivity contribution is -0.158. The molecule has 5 atom stereocenters. The van der Waals surface area contributed by atoms with Gasteiger partial charge in [-0.3, -0.25) is 9.59 Å². The van der Waals surface area contributed by atoms with Gasteiger partial charge in [-0.15, -0.1) is 0 Å². The quantitative estimate of drug-likeness (QED) is 0.797. The second-order valence-corrected chi connectivity index (χ2v) is 7.97. The van der Waals surface area contributed by atoms with Crippen LogP contribution < -0.4 is 5.32 Å². The molecule has 2 amide bonds. The summed E-state index contributed by atoms with van der Waals surface area (Å²) in [6.07, 6.45) is 3.63. The molecule has 0 aromatic heterocycles. The monoisotopic (exact) mass is 278 g/mol. The predicted molar refractivity (Wildman–Crippen MR) is 76.9 cm³/mol. The van der Waals surface area contributed by atoms with Gasteiger partial charge in [0.2, 0.25) is 11.8 Å². The number of hydrogen-bond donors (Lipinski definition) is 1. The van der Waals surface area contributed by atoms with E-state index in [0.29, 0.717) is 5.92 Å². The van der Waals surface area contributed by atoms with Gasteiger partial charge < -0.3 is 10.2 Å². The molecule has 20 heavy (non-hydrogen) atoms. The number of hydrogen-bond acceptors (Lipinski definition) is 2. The molecule has 0 aromatic rings. The van der Waals surface area contributed by atoms with Crippen molar-refractivity contribution >= 4 is 11.8 Å². The van der Waals surface area contributed by atoms with E-state index in [1.54, 1.807) is 6.92 Å². The summed E-state index contributed by atoms with van der Waals surface area (Å²) < 4.78 is 0. The first-order valence-electron chi connectivity index (χ1n) is 7.81. The van der Waals surface area contributed by atoms with Gasteiger partial charge in [0.15, 0.2) is 0 Å². The lowest BCUT2D eigenvalue weighted by atomic mass is 9.67. The van der Waals surface area contributed by atoms with Gasteiger partial charge in [-0.1, -0.05) is 20.8 Å². The van der Waals surface area contributed by atoms with Crippen molar-refractivity contribution in [1.29, 1.82) is 0 Å². The molecule has 1 saturated heterocycles. The highest BCUT2D eigenvalue weighted by molar-refractivity contribution is 5.96. The lowest BCUT2D eigenvalue weighted by Crippen LogP contribution is -2.68. The molecule has 5 unspecified atom stereocenters. The van der Waals surface area contributed by atoms with Crippen LogP contribution in [-0.2, 0) is 9.59 Å². The van der Waals surface area contributed by atoms with Crippen LogP contribution in [0.25, 0.3) is 0 Å². The number of amides is 2. The fourth-order valence-electron chi connectivity index (χ4n) is 5.26. The summed E-state index contributed by atoms with van der Waals surface area (Å²) in [4.78, 5) is 26.7. The summed E-state index contributed by atoms with van der Waals surface area (Å²) in [6.45, 7) is 10.5. The van der Waals surface area contributed by atoms with Gasteiger partial charge in [-0.25, -0.2) is 0 Å². The zero-order valence-corrected chi connectivity index (χ0v) is 13.2. The molecule has 0 aromatic carbocycles. The minimum Gasteiger partial charge on any atom is -0.343 e. The van der Waals surface area contributed by atoms with Crippen LogP contribution in [0.1, 0.15) is 53.9 Å². The van der Waals surface area contributed by atoms with Crippen LogP contribution in [0.3, 0.4) is 0 Å². The zero-order valence-electron chi connectivity index (χ0n) is 13.2. The van der Waals surface area contributed by atoms with Gasteiger partial charge in [0.1, 0.15) is 12.1 Å². The van der Waals surface area contributed by atoms with E-state index < -0.39 is 6.04 Å². The summed E-state index contributed by atoms with van der Waals surface area (Å²) in [5, 5.41) is 2.79. The smallest absolute Gasteiger partial charge is 0.245 e. The average molecular weight is 278 g/mol. The zero-order chi connectivity index (χ0) is 14.9. The highest BCUT2D eigenvalue weighted by Gasteiger charge is 2.63. The minimum absolute atomic E-state index is 0.0146. The van der Waals surface area contributed by atoms with E-state index in [-0.39, 0.29) is 34.7 Å². The Morgan fingerprint density at radius 2 is 1.85 bits per heavy atom. The maximum Gasteiger partial charge on any atom is 0.245 e. The molecule has 3 rings (SSSR count). The molecule has 0 spiro atoms. The first kappa shape index (κ1) is 13.9. The second-order valence-electron chi connectivity index (χ2n) is 7.97. The molecule has 3 aliphatic rings. The predicted octanol–water partition coefficient (Wildman–Crippen LogP) is 1.94. The maximum atomic E-state index is 12.7. The number of carbonyl (C=O) groups excluding carboxylic acids is 2. The third kappa shape index (κ3) is 1.60. The Labute approximate surface area is 121 Å². The third-order valence-corrected chi connectivity index (χ3v) is 6.25. The summed E-state index contributed by atoms with van der Waals surface area (Å²) in [5.41, 5.74) is 0.281.